The van der Waals surface area contributed by atoms with Crippen LogP contribution >= 0.6 is 0 Å². The number of nitrogens with zero attached hydrogens (tertiary/aromatic N) is 3. The van der Waals surface area contributed by atoms with Crippen LogP contribution in [0.3, 0.4) is 0 Å². The van der Waals surface area contributed by atoms with Gasteiger partial charge >= 0.3 is 6.18 Å². The average molecular weight is 490 g/mol. The van der Waals surface area contributed by atoms with Gasteiger partial charge in [0, 0.05) is 32.7 Å². The number of alkyl halides is 3. The van der Waals surface area contributed by atoms with Gasteiger partial charge in [-0.05, 0) is 67.8 Å². The van der Waals surface area contributed by atoms with Gasteiger partial charge in [-0.15, -0.1) is 0 Å². The molecule has 1 amide bonds. The molecule has 0 spiro atoms. The van der Waals surface area contributed by atoms with E-state index in [1.165, 1.54) is 22.6 Å². The Bertz CT molecular complexity index is 969. The number of halogens is 3. The van der Waals surface area contributed by atoms with E-state index >= 15 is 0 Å². The molecule has 8 heteroatoms. The van der Waals surface area contributed by atoms with Crippen molar-refractivity contribution in [1.29, 1.82) is 0 Å². The molecule has 2 aliphatic rings. The summed E-state index contributed by atoms with van der Waals surface area (Å²) in [5.74, 6) is 0.250. The zero-order valence-corrected chi connectivity index (χ0v) is 20.3. The third-order valence-corrected chi connectivity index (χ3v) is 7.57. The Morgan fingerprint density at radius 1 is 1.09 bits per heavy atom. The van der Waals surface area contributed by atoms with Crippen molar-refractivity contribution in [2.24, 2.45) is 11.3 Å². The van der Waals surface area contributed by atoms with E-state index < -0.39 is 11.9 Å². The van der Waals surface area contributed by atoms with Gasteiger partial charge in [0.25, 0.3) is 0 Å². The maximum Gasteiger partial charge on any atom is 0.433 e. The second-order valence-corrected chi connectivity index (χ2v) is 9.72. The molecule has 2 saturated heterocycles. The fourth-order valence-electron chi connectivity index (χ4n) is 5.55. The SMILES string of the molecule is CCC(=O)N(CC1(C2CCN(Cc3ccccc3)CC2)CCOCC1)c1cccc(C(F)(F)F)n1. The number of aromatic nitrogens is 1. The highest BCUT2D eigenvalue weighted by molar-refractivity contribution is 5.92. The summed E-state index contributed by atoms with van der Waals surface area (Å²) in [5, 5.41) is 0. The predicted octanol–water partition coefficient (Wildman–Crippen LogP) is 5.55. The Labute approximate surface area is 205 Å². The Kier molecular flexibility index (Phi) is 8.12. The molecule has 2 aliphatic heterocycles. The van der Waals surface area contributed by atoms with Crippen LogP contribution in [0.25, 0.3) is 0 Å². The largest absolute Gasteiger partial charge is 0.433 e. The normalized spacial score (nSPS) is 19.4. The smallest absolute Gasteiger partial charge is 0.381 e. The second kappa shape index (κ2) is 11.1. The zero-order valence-electron chi connectivity index (χ0n) is 20.3. The molecule has 2 fully saturated rings. The molecule has 0 atom stereocenters. The fourth-order valence-corrected chi connectivity index (χ4v) is 5.55. The minimum Gasteiger partial charge on any atom is -0.381 e. The quantitative estimate of drug-likeness (QED) is 0.512. The third kappa shape index (κ3) is 6.22. The number of carbonyl (C=O) groups excluding carboxylic acids is 1. The molecule has 0 aliphatic carbocycles. The van der Waals surface area contributed by atoms with E-state index in [0.29, 0.717) is 25.7 Å². The molecule has 0 bridgehead atoms. The number of hydrogen-bond acceptors (Lipinski definition) is 4. The van der Waals surface area contributed by atoms with Gasteiger partial charge in [0.15, 0.2) is 0 Å². The molecule has 190 valence electrons. The summed E-state index contributed by atoms with van der Waals surface area (Å²) < 4.78 is 45.7. The minimum atomic E-state index is -4.56. The van der Waals surface area contributed by atoms with E-state index in [0.717, 1.165) is 51.4 Å². The van der Waals surface area contributed by atoms with E-state index in [2.05, 4.69) is 34.1 Å². The zero-order chi connectivity index (χ0) is 24.9. The van der Waals surface area contributed by atoms with Gasteiger partial charge < -0.3 is 4.74 Å². The maximum absolute atomic E-state index is 13.3. The first-order valence-electron chi connectivity index (χ1n) is 12.5. The first kappa shape index (κ1) is 25.6. The molecule has 2 aromatic rings. The first-order valence-corrected chi connectivity index (χ1v) is 12.5. The van der Waals surface area contributed by atoms with Crippen LogP contribution in [0.15, 0.2) is 48.5 Å². The fraction of sp³-hybridized carbons (Fsp3) is 0.556. The summed E-state index contributed by atoms with van der Waals surface area (Å²) in [6.07, 6.45) is -0.765. The molecule has 0 N–H and O–H groups in total. The van der Waals surface area contributed by atoms with Crippen LogP contribution in [0.5, 0.6) is 0 Å². The number of rotatable bonds is 7. The maximum atomic E-state index is 13.3. The van der Waals surface area contributed by atoms with E-state index in [-0.39, 0.29) is 23.6 Å². The summed E-state index contributed by atoms with van der Waals surface area (Å²) in [5.41, 5.74) is 0.124. The van der Waals surface area contributed by atoms with Gasteiger partial charge in [0.1, 0.15) is 11.5 Å². The summed E-state index contributed by atoms with van der Waals surface area (Å²) in [6.45, 7) is 6.17. The van der Waals surface area contributed by atoms with Crippen LogP contribution in [0.4, 0.5) is 19.0 Å². The number of pyridine rings is 1. The number of piperidine rings is 1. The van der Waals surface area contributed by atoms with Crippen LogP contribution in [0.2, 0.25) is 0 Å². The number of amides is 1. The lowest BCUT2D eigenvalue weighted by molar-refractivity contribution is -0.141. The van der Waals surface area contributed by atoms with Crippen molar-refractivity contribution in [2.45, 2.75) is 51.7 Å². The van der Waals surface area contributed by atoms with Crippen molar-refractivity contribution in [2.75, 3.05) is 37.7 Å². The summed E-state index contributed by atoms with van der Waals surface area (Å²) >= 11 is 0. The first-order chi connectivity index (χ1) is 16.8. The highest BCUT2D eigenvalue weighted by Crippen LogP contribution is 2.45. The van der Waals surface area contributed by atoms with E-state index in [1.54, 1.807) is 6.92 Å². The summed E-state index contributed by atoms with van der Waals surface area (Å²) in [4.78, 5) is 20.8. The molecule has 4 rings (SSSR count). The number of carbonyl (C=O) groups is 1. The third-order valence-electron chi connectivity index (χ3n) is 7.57. The minimum absolute atomic E-state index is 0.0825. The molecule has 35 heavy (non-hydrogen) atoms. The highest BCUT2D eigenvalue weighted by Gasteiger charge is 2.44. The number of hydrogen-bond donors (Lipinski definition) is 0. The number of anilines is 1. The summed E-state index contributed by atoms with van der Waals surface area (Å²) in [7, 11) is 0. The van der Waals surface area contributed by atoms with Crippen LogP contribution < -0.4 is 4.90 Å². The van der Waals surface area contributed by atoms with Crippen LogP contribution in [-0.4, -0.2) is 48.6 Å². The van der Waals surface area contributed by atoms with Crippen molar-refractivity contribution in [3.8, 4) is 0 Å². The molecule has 5 nitrogen and oxygen atoms in total. The lowest BCUT2D eigenvalue weighted by atomic mass is 9.66. The molecule has 1 aromatic heterocycles. The molecule has 3 heterocycles. The van der Waals surface area contributed by atoms with Crippen molar-refractivity contribution in [3.63, 3.8) is 0 Å². The van der Waals surface area contributed by atoms with E-state index in [9.17, 15) is 18.0 Å². The number of ether oxygens (including phenoxy) is 1. The predicted molar refractivity (Wildman–Crippen MR) is 129 cm³/mol. The average Bonchev–Trinajstić information content (AvgIpc) is 2.88. The van der Waals surface area contributed by atoms with E-state index in [1.807, 2.05) is 6.07 Å². The van der Waals surface area contributed by atoms with Gasteiger partial charge in [-0.1, -0.05) is 43.3 Å². The molecule has 1 aromatic carbocycles. The summed E-state index contributed by atoms with van der Waals surface area (Å²) in [6, 6.07) is 14.2. The van der Waals surface area contributed by atoms with E-state index in [4.69, 9.17) is 4.74 Å². The van der Waals surface area contributed by atoms with Crippen molar-refractivity contribution < 1.29 is 22.7 Å². The molecule has 0 saturated carbocycles. The van der Waals surface area contributed by atoms with Gasteiger partial charge in [-0.25, -0.2) is 4.98 Å². The monoisotopic (exact) mass is 489 g/mol. The number of benzene rings is 1. The second-order valence-electron chi connectivity index (χ2n) is 9.72. The van der Waals surface area contributed by atoms with Crippen LogP contribution in [0, 0.1) is 11.3 Å². The van der Waals surface area contributed by atoms with Gasteiger partial charge in [-0.2, -0.15) is 13.2 Å². The molecular formula is C27H34F3N3O2. The van der Waals surface area contributed by atoms with Crippen LogP contribution in [-0.2, 0) is 22.3 Å². The molecule has 0 radical (unpaired) electrons. The molecule has 0 unspecified atom stereocenters. The Morgan fingerprint density at radius 2 is 1.77 bits per heavy atom. The highest BCUT2D eigenvalue weighted by atomic mass is 19.4. The van der Waals surface area contributed by atoms with Crippen molar-refractivity contribution >= 4 is 11.7 Å². The molecular weight excluding hydrogens is 455 g/mol. The van der Waals surface area contributed by atoms with Crippen molar-refractivity contribution in [3.05, 3.63) is 59.8 Å². The topological polar surface area (TPSA) is 45.7 Å². The lowest BCUT2D eigenvalue weighted by Gasteiger charge is -2.49. The Balaban J connectivity index is 1.53. The Morgan fingerprint density at radius 3 is 2.40 bits per heavy atom. The van der Waals surface area contributed by atoms with Crippen LogP contribution in [0.1, 0.15) is 50.3 Å². The van der Waals surface area contributed by atoms with Gasteiger partial charge in [0.05, 0.1) is 0 Å². The number of likely N-dealkylation sites (tertiary alicyclic amines) is 1. The Hall–Kier alpha value is -2.45. The van der Waals surface area contributed by atoms with Gasteiger partial charge in [0.2, 0.25) is 5.91 Å². The standard InChI is InChI=1S/C27H34F3N3O2/c1-2-25(34)33(24-10-6-9-23(31-24)27(28,29)30)20-26(13-17-35-18-14-26)22-11-15-32(16-12-22)19-21-7-4-3-5-8-21/h3-10,22H,2,11-20H2,1H3. The van der Waals surface area contributed by atoms with Crippen molar-refractivity contribution in [1.82, 2.24) is 9.88 Å². The van der Waals surface area contributed by atoms with Gasteiger partial charge in [-0.3, -0.25) is 14.6 Å². The lowest BCUT2D eigenvalue weighted by Crippen LogP contribution is -2.51.